The molecule has 16 heavy (non-hydrogen) atoms. The molecule has 1 aliphatic rings. The van der Waals surface area contributed by atoms with Gasteiger partial charge in [0.1, 0.15) is 0 Å². The monoisotopic (exact) mass is 212 g/mol. The van der Waals surface area contributed by atoms with E-state index in [2.05, 4.69) is 62.4 Å². The Kier molecular flexibility index (Phi) is 3.28. The zero-order chi connectivity index (χ0) is 11.4. The standard InChI is InChI=1S/C16H20/c1-3-16(4-2,15-12-8-9-13-15)14-10-6-5-7-11-14/h5-8,10-13H,3-4,9H2,1-2H3. The summed E-state index contributed by atoms with van der Waals surface area (Å²) in [6.45, 7) is 4.59. The Labute approximate surface area is 98.7 Å². The molecule has 0 amide bonds. The van der Waals surface area contributed by atoms with Crippen molar-refractivity contribution in [1.82, 2.24) is 0 Å². The third-order valence-corrected chi connectivity index (χ3v) is 3.86. The van der Waals surface area contributed by atoms with Crippen LogP contribution in [0.4, 0.5) is 0 Å². The van der Waals surface area contributed by atoms with Gasteiger partial charge in [0.2, 0.25) is 0 Å². The van der Waals surface area contributed by atoms with Crippen LogP contribution in [0.1, 0.15) is 38.7 Å². The highest BCUT2D eigenvalue weighted by Crippen LogP contribution is 2.41. The van der Waals surface area contributed by atoms with Crippen LogP contribution in [-0.2, 0) is 5.41 Å². The molecule has 0 atom stereocenters. The summed E-state index contributed by atoms with van der Waals surface area (Å²) in [6.07, 6.45) is 10.4. The number of benzene rings is 1. The largest absolute Gasteiger partial charge is 0.0804 e. The highest BCUT2D eigenvalue weighted by Gasteiger charge is 2.31. The van der Waals surface area contributed by atoms with Crippen molar-refractivity contribution >= 4 is 0 Å². The van der Waals surface area contributed by atoms with E-state index in [-0.39, 0.29) is 5.41 Å². The Morgan fingerprint density at radius 2 is 1.75 bits per heavy atom. The molecule has 84 valence electrons. The predicted octanol–water partition coefficient (Wildman–Crippen LogP) is 4.63. The van der Waals surface area contributed by atoms with Gasteiger partial charge in [0, 0.05) is 5.41 Å². The summed E-state index contributed by atoms with van der Waals surface area (Å²) in [4.78, 5) is 0. The van der Waals surface area contributed by atoms with Crippen molar-refractivity contribution in [2.75, 3.05) is 0 Å². The Balaban J connectivity index is 2.47. The second kappa shape index (κ2) is 4.69. The van der Waals surface area contributed by atoms with Crippen molar-refractivity contribution < 1.29 is 0 Å². The smallest absolute Gasteiger partial charge is 0.0194 e. The zero-order valence-corrected chi connectivity index (χ0v) is 10.2. The number of hydrogen-bond acceptors (Lipinski definition) is 0. The summed E-state index contributed by atoms with van der Waals surface area (Å²) in [7, 11) is 0. The van der Waals surface area contributed by atoms with Crippen LogP contribution in [0.2, 0.25) is 0 Å². The average molecular weight is 212 g/mol. The predicted molar refractivity (Wildman–Crippen MR) is 70.5 cm³/mol. The first-order valence-electron chi connectivity index (χ1n) is 6.26. The van der Waals surface area contributed by atoms with Gasteiger partial charge in [0.25, 0.3) is 0 Å². The third kappa shape index (κ3) is 1.73. The van der Waals surface area contributed by atoms with E-state index in [0.717, 1.165) is 6.42 Å². The Morgan fingerprint density at radius 1 is 1.06 bits per heavy atom. The minimum Gasteiger partial charge on any atom is -0.0804 e. The molecule has 0 saturated heterocycles. The van der Waals surface area contributed by atoms with E-state index in [9.17, 15) is 0 Å². The Morgan fingerprint density at radius 3 is 2.25 bits per heavy atom. The van der Waals surface area contributed by atoms with Gasteiger partial charge in [0.15, 0.2) is 0 Å². The molecule has 0 bridgehead atoms. The molecule has 0 fully saturated rings. The van der Waals surface area contributed by atoms with Crippen molar-refractivity contribution in [2.24, 2.45) is 0 Å². The van der Waals surface area contributed by atoms with E-state index in [0.29, 0.717) is 0 Å². The lowest BCUT2D eigenvalue weighted by atomic mass is 9.70. The summed E-state index contributed by atoms with van der Waals surface area (Å²) >= 11 is 0. The lowest BCUT2D eigenvalue weighted by molar-refractivity contribution is 0.477. The van der Waals surface area contributed by atoms with Crippen LogP contribution in [0, 0.1) is 0 Å². The second-order valence-corrected chi connectivity index (χ2v) is 4.45. The molecule has 0 nitrogen and oxygen atoms in total. The summed E-state index contributed by atoms with van der Waals surface area (Å²) in [6, 6.07) is 10.9. The molecule has 0 aliphatic heterocycles. The summed E-state index contributed by atoms with van der Waals surface area (Å²) in [5.41, 5.74) is 3.19. The van der Waals surface area contributed by atoms with E-state index in [1.54, 1.807) is 0 Å². The van der Waals surface area contributed by atoms with Crippen molar-refractivity contribution in [3.8, 4) is 0 Å². The van der Waals surface area contributed by atoms with Crippen LogP contribution < -0.4 is 0 Å². The first-order chi connectivity index (χ1) is 7.83. The minimum absolute atomic E-state index is 0.230. The van der Waals surface area contributed by atoms with E-state index in [1.807, 2.05) is 0 Å². The molecule has 0 heteroatoms. The molecule has 0 N–H and O–H groups in total. The van der Waals surface area contributed by atoms with Crippen LogP contribution in [0.15, 0.2) is 54.1 Å². The minimum atomic E-state index is 0.230. The van der Waals surface area contributed by atoms with Gasteiger partial charge in [-0.1, -0.05) is 62.4 Å². The maximum atomic E-state index is 2.38. The van der Waals surface area contributed by atoms with E-state index in [4.69, 9.17) is 0 Å². The van der Waals surface area contributed by atoms with E-state index in [1.165, 1.54) is 24.0 Å². The highest BCUT2D eigenvalue weighted by molar-refractivity contribution is 5.44. The van der Waals surface area contributed by atoms with Crippen LogP contribution in [0.3, 0.4) is 0 Å². The molecule has 0 aromatic heterocycles. The zero-order valence-electron chi connectivity index (χ0n) is 10.2. The fourth-order valence-electron chi connectivity index (χ4n) is 2.80. The van der Waals surface area contributed by atoms with Crippen molar-refractivity contribution in [3.63, 3.8) is 0 Å². The number of rotatable bonds is 4. The Hall–Kier alpha value is -1.30. The van der Waals surface area contributed by atoms with Crippen LogP contribution in [0.5, 0.6) is 0 Å². The molecule has 2 rings (SSSR count). The Bertz CT molecular complexity index is 391. The first-order valence-corrected chi connectivity index (χ1v) is 6.26. The van der Waals surface area contributed by atoms with Crippen molar-refractivity contribution in [2.45, 2.75) is 38.5 Å². The molecule has 1 aromatic rings. The molecule has 0 spiro atoms. The fraction of sp³-hybridized carbons (Fsp3) is 0.375. The first kappa shape index (κ1) is 11.2. The van der Waals surface area contributed by atoms with Crippen molar-refractivity contribution in [1.29, 1.82) is 0 Å². The molecular formula is C16H20. The van der Waals surface area contributed by atoms with Gasteiger partial charge in [-0.2, -0.15) is 0 Å². The molecule has 0 saturated carbocycles. The quantitative estimate of drug-likeness (QED) is 0.682. The fourth-order valence-corrected chi connectivity index (χ4v) is 2.80. The lowest BCUT2D eigenvalue weighted by Crippen LogP contribution is -2.25. The van der Waals surface area contributed by atoms with Gasteiger partial charge in [-0.15, -0.1) is 0 Å². The summed E-state index contributed by atoms with van der Waals surface area (Å²) < 4.78 is 0. The normalized spacial score (nSPS) is 15.2. The maximum Gasteiger partial charge on any atom is 0.0194 e. The molecular weight excluding hydrogens is 192 g/mol. The highest BCUT2D eigenvalue weighted by atomic mass is 14.3. The van der Waals surface area contributed by atoms with Gasteiger partial charge in [-0.3, -0.25) is 0 Å². The molecule has 1 aromatic carbocycles. The van der Waals surface area contributed by atoms with E-state index < -0.39 is 0 Å². The van der Waals surface area contributed by atoms with Crippen LogP contribution in [0.25, 0.3) is 0 Å². The topological polar surface area (TPSA) is 0 Å². The van der Waals surface area contributed by atoms with Crippen molar-refractivity contribution in [3.05, 3.63) is 59.7 Å². The number of hydrogen-bond donors (Lipinski definition) is 0. The average Bonchev–Trinajstić information content (AvgIpc) is 2.87. The van der Waals surface area contributed by atoms with Crippen LogP contribution >= 0.6 is 0 Å². The molecule has 1 aliphatic carbocycles. The maximum absolute atomic E-state index is 2.38. The van der Waals surface area contributed by atoms with Gasteiger partial charge in [-0.25, -0.2) is 0 Å². The second-order valence-electron chi connectivity index (χ2n) is 4.45. The lowest BCUT2D eigenvalue weighted by Gasteiger charge is -2.33. The molecule has 0 unspecified atom stereocenters. The van der Waals surface area contributed by atoms with Crippen LogP contribution in [-0.4, -0.2) is 0 Å². The van der Waals surface area contributed by atoms with Gasteiger partial charge >= 0.3 is 0 Å². The SMILES string of the molecule is CCC(CC)(C1=CCC=C1)c1ccccc1. The molecule has 0 heterocycles. The van der Waals surface area contributed by atoms with Gasteiger partial charge < -0.3 is 0 Å². The van der Waals surface area contributed by atoms with Gasteiger partial charge in [0.05, 0.1) is 0 Å². The van der Waals surface area contributed by atoms with E-state index >= 15 is 0 Å². The van der Waals surface area contributed by atoms with Gasteiger partial charge in [-0.05, 0) is 30.4 Å². The summed E-state index contributed by atoms with van der Waals surface area (Å²) in [5.74, 6) is 0. The molecule has 0 radical (unpaired) electrons. The summed E-state index contributed by atoms with van der Waals surface area (Å²) in [5, 5.41) is 0. The number of allylic oxidation sites excluding steroid dienone is 4. The third-order valence-electron chi connectivity index (χ3n) is 3.86.